The minimum Gasteiger partial charge on any atom is -0.312 e. The molecule has 2 aliphatic carbocycles. The Morgan fingerprint density at radius 2 is 2.05 bits per heavy atom. The third-order valence-corrected chi connectivity index (χ3v) is 6.34. The van der Waals surface area contributed by atoms with Crippen molar-refractivity contribution < 1.29 is 8.42 Å². The van der Waals surface area contributed by atoms with Crippen LogP contribution in [0.25, 0.3) is 0 Å². The molecule has 0 unspecified atom stereocenters. The van der Waals surface area contributed by atoms with E-state index in [1.54, 1.807) is 17.9 Å². The van der Waals surface area contributed by atoms with Gasteiger partial charge in [-0.05, 0) is 25.7 Å². The molecule has 0 atom stereocenters. The van der Waals surface area contributed by atoms with Gasteiger partial charge in [-0.2, -0.15) is 9.40 Å². The molecular weight excluding hydrogens is 288 g/mol. The van der Waals surface area contributed by atoms with E-state index in [4.69, 9.17) is 0 Å². The summed E-state index contributed by atoms with van der Waals surface area (Å²) in [4.78, 5) is 0.309. The van der Waals surface area contributed by atoms with Gasteiger partial charge in [0.1, 0.15) is 4.90 Å². The number of sulfonamides is 1. The average Bonchev–Trinajstić information content (AvgIpc) is 2.96. The molecule has 1 aromatic rings. The van der Waals surface area contributed by atoms with Gasteiger partial charge in [-0.3, -0.25) is 4.68 Å². The van der Waals surface area contributed by atoms with E-state index in [2.05, 4.69) is 10.4 Å². The van der Waals surface area contributed by atoms with Crippen LogP contribution in [0.5, 0.6) is 0 Å². The highest BCUT2D eigenvalue weighted by Gasteiger charge is 2.30. The molecule has 2 saturated carbocycles. The first kappa shape index (κ1) is 15.0. The predicted octanol–water partition coefficient (Wildman–Crippen LogP) is 1.20. The number of hydrogen-bond acceptors (Lipinski definition) is 4. The normalized spacial score (nSPS) is 20.5. The van der Waals surface area contributed by atoms with E-state index in [-0.39, 0.29) is 6.04 Å². The van der Waals surface area contributed by atoms with Crippen LogP contribution in [-0.4, -0.2) is 48.2 Å². The Kier molecular flexibility index (Phi) is 4.33. The van der Waals surface area contributed by atoms with E-state index in [0.29, 0.717) is 17.5 Å². The summed E-state index contributed by atoms with van der Waals surface area (Å²) in [5, 5.41) is 7.58. The van der Waals surface area contributed by atoms with E-state index in [1.165, 1.54) is 23.3 Å². The number of aromatic nitrogens is 2. The molecule has 0 aromatic carbocycles. The molecule has 2 fully saturated rings. The monoisotopic (exact) mass is 312 g/mol. The molecular formula is C14H24N4O2S. The smallest absolute Gasteiger partial charge is 0.246 e. The summed E-state index contributed by atoms with van der Waals surface area (Å²) >= 11 is 0. The van der Waals surface area contributed by atoms with Gasteiger partial charge in [0.15, 0.2) is 0 Å². The molecule has 21 heavy (non-hydrogen) atoms. The lowest BCUT2D eigenvalue weighted by Crippen LogP contribution is -2.35. The Morgan fingerprint density at radius 1 is 1.33 bits per heavy atom. The summed E-state index contributed by atoms with van der Waals surface area (Å²) in [5.74, 6) is 0. The molecule has 0 aliphatic heterocycles. The summed E-state index contributed by atoms with van der Waals surface area (Å²) in [6.45, 7) is 1.55. The molecule has 3 rings (SSSR count). The van der Waals surface area contributed by atoms with Crippen molar-refractivity contribution in [2.45, 2.75) is 62.0 Å². The fraction of sp³-hybridized carbons (Fsp3) is 0.786. The van der Waals surface area contributed by atoms with Gasteiger partial charge in [0.25, 0.3) is 0 Å². The Bertz CT molecular complexity index is 574. The second-order valence-corrected chi connectivity index (χ2v) is 8.12. The zero-order valence-electron chi connectivity index (χ0n) is 12.5. The van der Waals surface area contributed by atoms with E-state index >= 15 is 0 Å². The van der Waals surface area contributed by atoms with Crippen LogP contribution in [0.4, 0.5) is 0 Å². The highest BCUT2D eigenvalue weighted by Crippen LogP contribution is 2.27. The van der Waals surface area contributed by atoms with E-state index < -0.39 is 10.0 Å². The molecule has 6 nitrogen and oxygen atoms in total. The molecule has 1 heterocycles. The summed E-state index contributed by atoms with van der Waals surface area (Å²) in [5.41, 5.74) is 0. The van der Waals surface area contributed by atoms with Crippen LogP contribution in [0.2, 0.25) is 0 Å². The van der Waals surface area contributed by atoms with Crippen molar-refractivity contribution in [3.05, 3.63) is 12.4 Å². The molecule has 2 aliphatic rings. The third kappa shape index (κ3) is 3.46. The maximum absolute atomic E-state index is 12.6. The summed E-state index contributed by atoms with van der Waals surface area (Å²) in [6, 6.07) is 0.812. The lowest BCUT2D eigenvalue weighted by atomic mass is 10.3. The first-order valence-corrected chi connectivity index (χ1v) is 9.25. The van der Waals surface area contributed by atoms with E-state index in [1.807, 2.05) is 0 Å². The first-order chi connectivity index (χ1) is 10.1. The van der Waals surface area contributed by atoms with Gasteiger partial charge >= 0.3 is 0 Å². The van der Waals surface area contributed by atoms with E-state index in [0.717, 1.165) is 32.2 Å². The maximum atomic E-state index is 12.6. The Balaban J connectivity index is 1.62. The molecule has 7 heteroatoms. The van der Waals surface area contributed by atoms with Crippen LogP contribution < -0.4 is 5.32 Å². The third-order valence-electron chi connectivity index (χ3n) is 4.48. The highest BCUT2D eigenvalue weighted by molar-refractivity contribution is 7.89. The summed E-state index contributed by atoms with van der Waals surface area (Å²) < 4.78 is 28.4. The van der Waals surface area contributed by atoms with Crippen molar-refractivity contribution in [1.82, 2.24) is 19.4 Å². The number of rotatable bonds is 7. The Labute approximate surface area is 126 Å². The molecule has 0 spiro atoms. The molecule has 1 aromatic heterocycles. The first-order valence-electron chi connectivity index (χ1n) is 7.81. The number of nitrogens with one attached hydrogen (secondary N) is 1. The fourth-order valence-electron chi connectivity index (χ4n) is 2.90. The molecule has 0 saturated heterocycles. The van der Waals surface area contributed by atoms with Crippen LogP contribution in [0, 0.1) is 0 Å². The van der Waals surface area contributed by atoms with Crippen molar-refractivity contribution in [2.24, 2.45) is 0 Å². The lowest BCUT2D eigenvalue weighted by molar-refractivity contribution is 0.373. The van der Waals surface area contributed by atoms with Gasteiger partial charge in [0.2, 0.25) is 10.0 Å². The van der Waals surface area contributed by atoms with Crippen LogP contribution in [0.15, 0.2) is 17.3 Å². The van der Waals surface area contributed by atoms with Gasteiger partial charge in [-0.15, -0.1) is 0 Å². The quantitative estimate of drug-likeness (QED) is 0.821. The molecule has 0 amide bonds. The minimum atomic E-state index is -3.40. The highest BCUT2D eigenvalue weighted by atomic mass is 32.2. The summed E-state index contributed by atoms with van der Waals surface area (Å²) in [6.07, 6.45) is 9.81. The van der Waals surface area contributed by atoms with Crippen molar-refractivity contribution in [3.8, 4) is 0 Å². The average molecular weight is 312 g/mol. The maximum Gasteiger partial charge on any atom is 0.246 e. The SMILES string of the molecule is CN(C1CCCC1)S(=O)(=O)c1cnn(CCNC2CC2)c1. The predicted molar refractivity (Wildman–Crippen MR) is 80.5 cm³/mol. The molecule has 0 radical (unpaired) electrons. The molecule has 0 bridgehead atoms. The summed E-state index contributed by atoms with van der Waals surface area (Å²) in [7, 11) is -1.71. The van der Waals surface area contributed by atoms with Gasteiger partial charge in [0.05, 0.1) is 12.7 Å². The van der Waals surface area contributed by atoms with Crippen molar-refractivity contribution in [1.29, 1.82) is 0 Å². The van der Waals surface area contributed by atoms with Crippen molar-refractivity contribution in [3.63, 3.8) is 0 Å². The van der Waals surface area contributed by atoms with Crippen molar-refractivity contribution >= 4 is 10.0 Å². The Hall–Kier alpha value is -0.920. The van der Waals surface area contributed by atoms with Crippen molar-refractivity contribution in [2.75, 3.05) is 13.6 Å². The minimum absolute atomic E-state index is 0.148. The van der Waals surface area contributed by atoms with Crippen LogP contribution in [0.1, 0.15) is 38.5 Å². The Morgan fingerprint density at radius 3 is 2.71 bits per heavy atom. The molecule has 1 N–H and O–H groups in total. The molecule has 118 valence electrons. The van der Waals surface area contributed by atoms with Gasteiger partial charge < -0.3 is 5.32 Å². The van der Waals surface area contributed by atoms with Gasteiger partial charge in [-0.1, -0.05) is 12.8 Å². The van der Waals surface area contributed by atoms with E-state index in [9.17, 15) is 8.42 Å². The van der Waals surface area contributed by atoms with Crippen LogP contribution >= 0.6 is 0 Å². The zero-order valence-corrected chi connectivity index (χ0v) is 13.3. The number of hydrogen-bond donors (Lipinski definition) is 1. The van der Waals surface area contributed by atoms with Gasteiger partial charge in [-0.25, -0.2) is 8.42 Å². The van der Waals surface area contributed by atoms with Crippen LogP contribution in [0.3, 0.4) is 0 Å². The zero-order chi connectivity index (χ0) is 14.9. The second-order valence-electron chi connectivity index (χ2n) is 6.13. The second kappa shape index (κ2) is 6.06. The lowest BCUT2D eigenvalue weighted by Gasteiger charge is -2.22. The fourth-order valence-corrected chi connectivity index (χ4v) is 4.27. The van der Waals surface area contributed by atoms with Crippen LogP contribution in [-0.2, 0) is 16.6 Å². The number of nitrogens with zero attached hydrogens (tertiary/aromatic N) is 3. The topological polar surface area (TPSA) is 67.2 Å². The van der Waals surface area contributed by atoms with Gasteiger partial charge in [0, 0.05) is 31.9 Å². The standard InChI is InChI=1S/C14H24N4O2S/c1-17(13-4-2-3-5-13)21(19,20)14-10-16-18(11-14)9-8-15-12-6-7-12/h10-13,15H,2-9H2,1H3. The largest absolute Gasteiger partial charge is 0.312 e.